The Bertz CT molecular complexity index is 955. The first kappa shape index (κ1) is 18.3. The van der Waals surface area contributed by atoms with Crippen LogP contribution in [0.1, 0.15) is 44.9 Å². The molecule has 0 radical (unpaired) electrons. The van der Waals surface area contributed by atoms with Gasteiger partial charge in [0.2, 0.25) is 0 Å². The second-order valence-corrected chi connectivity index (χ2v) is 6.30. The summed E-state index contributed by atoms with van der Waals surface area (Å²) in [5.41, 5.74) is 3.27. The maximum absolute atomic E-state index is 12.5. The van der Waals surface area contributed by atoms with Gasteiger partial charge in [-0.2, -0.15) is 0 Å². The fourth-order valence-corrected chi connectivity index (χ4v) is 2.70. The van der Waals surface area contributed by atoms with E-state index in [0.717, 1.165) is 16.8 Å². The van der Waals surface area contributed by atoms with Crippen molar-refractivity contribution in [3.63, 3.8) is 0 Å². The molecule has 0 fully saturated rings. The molecule has 0 saturated heterocycles. The first-order valence-corrected chi connectivity index (χ1v) is 8.73. The fraction of sp³-hybridized carbons (Fsp3) is 0.136. The van der Waals surface area contributed by atoms with Crippen LogP contribution in [0.15, 0.2) is 72.9 Å². The molecule has 5 heteroatoms. The molecular formula is C22H21N3O2. The van der Waals surface area contributed by atoms with Crippen molar-refractivity contribution < 1.29 is 9.59 Å². The van der Waals surface area contributed by atoms with Gasteiger partial charge in [0, 0.05) is 17.4 Å². The minimum absolute atomic E-state index is 0.142. The third kappa shape index (κ3) is 4.58. The van der Waals surface area contributed by atoms with Crippen molar-refractivity contribution in [1.82, 2.24) is 10.3 Å². The summed E-state index contributed by atoms with van der Waals surface area (Å²) in [6.07, 6.45) is 1.47. The summed E-state index contributed by atoms with van der Waals surface area (Å²) in [6.45, 7) is 3.83. The lowest BCUT2D eigenvalue weighted by molar-refractivity contribution is 0.0939. The molecule has 27 heavy (non-hydrogen) atoms. The highest BCUT2D eigenvalue weighted by Gasteiger charge is 2.15. The first-order valence-electron chi connectivity index (χ1n) is 8.73. The highest BCUT2D eigenvalue weighted by atomic mass is 16.2. The van der Waals surface area contributed by atoms with Gasteiger partial charge in [-0.15, -0.1) is 0 Å². The van der Waals surface area contributed by atoms with Gasteiger partial charge in [-0.1, -0.05) is 48.5 Å². The Hall–Kier alpha value is -3.47. The highest BCUT2D eigenvalue weighted by Crippen LogP contribution is 2.15. The topological polar surface area (TPSA) is 71.1 Å². The van der Waals surface area contributed by atoms with E-state index >= 15 is 0 Å². The Morgan fingerprint density at radius 2 is 1.63 bits per heavy atom. The molecule has 2 amide bonds. The summed E-state index contributed by atoms with van der Waals surface area (Å²) >= 11 is 0. The predicted molar refractivity (Wildman–Crippen MR) is 106 cm³/mol. The second kappa shape index (κ2) is 8.27. The molecular weight excluding hydrogens is 338 g/mol. The van der Waals surface area contributed by atoms with Crippen LogP contribution >= 0.6 is 0 Å². The molecule has 1 aromatic heterocycles. The minimum atomic E-state index is -0.352. The summed E-state index contributed by atoms with van der Waals surface area (Å²) in [6, 6.07) is 20.2. The molecule has 0 spiro atoms. The summed E-state index contributed by atoms with van der Waals surface area (Å²) in [4.78, 5) is 29.1. The van der Waals surface area contributed by atoms with Crippen LogP contribution in [0.2, 0.25) is 0 Å². The number of hydrogen-bond donors (Lipinski definition) is 2. The fourth-order valence-electron chi connectivity index (χ4n) is 2.70. The van der Waals surface area contributed by atoms with Crippen LogP contribution in [0.4, 0.5) is 5.69 Å². The Kier molecular flexibility index (Phi) is 5.61. The molecule has 1 heterocycles. The van der Waals surface area contributed by atoms with Gasteiger partial charge in [0.15, 0.2) is 0 Å². The number of para-hydroxylation sites is 1. The van der Waals surface area contributed by atoms with Crippen LogP contribution in [0.5, 0.6) is 0 Å². The molecule has 5 nitrogen and oxygen atoms in total. The van der Waals surface area contributed by atoms with Crippen molar-refractivity contribution in [3.8, 4) is 0 Å². The predicted octanol–water partition coefficient (Wildman–Crippen LogP) is 4.13. The van der Waals surface area contributed by atoms with Crippen molar-refractivity contribution in [2.24, 2.45) is 0 Å². The lowest BCUT2D eigenvalue weighted by Gasteiger charge is -2.14. The molecule has 0 aliphatic heterocycles. The van der Waals surface area contributed by atoms with Gasteiger partial charge in [0.25, 0.3) is 11.8 Å². The van der Waals surface area contributed by atoms with E-state index in [1.165, 1.54) is 12.3 Å². The van der Waals surface area contributed by atoms with E-state index in [2.05, 4.69) is 15.6 Å². The molecule has 2 N–H and O–H groups in total. The number of carbonyl (C=O) groups is 2. The quantitative estimate of drug-likeness (QED) is 0.719. The molecule has 136 valence electrons. The molecule has 1 unspecified atom stereocenters. The zero-order valence-electron chi connectivity index (χ0n) is 15.3. The Morgan fingerprint density at radius 1 is 0.926 bits per heavy atom. The zero-order chi connectivity index (χ0) is 19.2. The number of aromatic nitrogens is 1. The van der Waals surface area contributed by atoms with Crippen LogP contribution in [0.3, 0.4) is 0 Å². The average Bonchev–Trinajstić information content (AvgIpc) is 2.70. The van der Waals surface area contributed by atoms with Gasteiger partial charge < -0.3 is 10.6 Å². The number of benzene rings is 2. The van der Waals surface area contributed by atoms with E-state index in [-0.39, 0.29) is 23.6 Å². The number of nitrogens with one attached hydrogen (secondary N) is 2. The number of nitrogens with zero attached hydrogens (tertiary/aromatic N) is 1. The molecule has 1 atom stereocenters. The average molecular weight is 359 g/mol. The van der Waals surface area contributed by atoms with E-state index in [1.54, 1.807) is 6.07 Å². The maximum atomic E-state index is 12.5. The molecule has 2 aromatic carbocycles. The van der Waals surface area contributed by atoms with Crippen LogP contribution in [0.25, 0.3) is 0 Å². The Balaban J connectivity index is 1.72. The van der Waals surface area contributed by atoms with Crippen molar-refractivity contribution in [2.75, 3.05) is 5.32 Å². The van der Waals surface area contributed by atoms with Crippen molar-refractivity contribution in [2.45, 2.75) is 19.9 Å². The van der Waals surface area contributed by atoms with E-state index < -0.39 is 0 Å². The number of carbonyl (C=O) groups excluding carboxylic acids is 2. The lowest BCUT2D eigenvalue weighted by atomic mass is 10.1. The Labute approximate surface area is 158 Å². The normalized spacial score (nSPS) is 11.5. The molecule has 0 aliphatic carbocycles. The molecule has 0 bridgehead atoms. The van der Waals surface area contributed by atoms with Gasteiger partial charge >= 0.3 is 0 Å². The highest BCUT2D eigenvalue weighted by molar-refractivity contribution is 6.05. The lowest BCUT2D eigenvalue weighted by Crippen LogP contribution is -2.27. The molecule has 0 aliphatic rings. The van der Waals surface area contributed by atoms with Crippen LogP contribution in [-0.4, -0.2) is 16.8 Å². The minimum Gasteiger partial charge on any atom is -0.346 e. The summed E-state index contributed by atoms with van der Waals surface area (Å²) in [7, 11) is 0. The monoisotopic (exact) mass is 359 g/mol. The van der Waals surface area contributed by atoms with Gasteiger partial charge in [-0.25, -0.2) is 0 Å². The van der Waals surface area contributed by atoms with Crippen LogP contribution < -0.4 is 10.6 Å². The van der Waals surface area contributed by atoms with Gasteiger partial charge in [0.05, 0.1) is 6.04 Å². The number of anilines is 1. The Morgan fingerprint density at radius 3 is 2.37 bits per heavy atom. The van der Waals surface area contributed by atoms with Gasteiger partial charge in [-0.05, 0) is 43.2 Å². The van der Waals surface area contributed by atoms with Gasteiger partial charge in [0.1, 0.15) is 5.69 Å². The third-order valence-corrected chi connectivity index (χ3v) is 4.30. The number of hydrogen-bond acceptors (Lipinski definition) is 3. The zero-order valence-corrected chi connectivity index (χ0v) is 15.3. The van der Waals surface area contributed by atoms with Crippen LogP contribution in [-0.2, 0) is 0 Å². The molecule has 3 aromatic rings. The van der Waals surface area contributed by atoms with Crippen molar-refractivity contribution in [3.05, 3.63) is 95.3 Å². The largest absolute Gasteiger partial charge is 0.346 e. The van der Waals surface area contributed by atoms with E-state index in [1.807, 2.05) is 68.4 Å². The number of aryl methyl sites for hydroxylation is 1. The molecule has 0 saturated carbocycles. The first-order chi connectivity index (χ1) is 13.0. The van der Waals surface area contributed by atoms with E-state index in [9.17, 15) is 9.59 Å². The second-order valence-electron chi connectivity index (χ2n) is 6.30. The summed E-state index contributed by atoms with van der Waals surface area (Å²) in [5, 5.41) is 5.77. The van der Waals surface area contributed by atoms with Gasteiger partial charge in [-0.3, -0.25) is 14.6 Å². The van der Waals surface area contributed by atoms with E-state index in [4.69, 9.17) is 0 Å². The number of pyridine rings is 1. The van der Waals surface area contributed by atoms with Crippen LogP contribution in [0, 0.1) is 6.92 Å². The smallest absolute Gasteiger partial charge is 0.274 e. The van der Waals surface area contributed by atoms with Crippen molar-refractivity contribution in [1.29, 1.82) is 0 Å². The summed E-state index contributed by atoms with van der Waals surface area (Å²) < 4.78 is 0. The number of amides is 2. The van der Waals surface area contributed by atoms with Crippen molar-refractivity contribution >= 4 is 17.5 Å². The standard InChI is InChI=1S/C22H21N3O2/c1-15-8-6-7-11-19(15)25-22(27)20-14-18(12-13-23-20)21(26)24-16(2)17-9-4-3-5-10-17/h3-14,16H,1-2H3,(H,24,26)(H,25,27). The SMILES string of the molecule is Cc1ccccc1NC(=O)c1cc(C(=O)NC(C)c2ccccc2)ccn1. The summed E-state index contributed by atoms with van der Waals surface area (Å²) in [5.74, 6) is -0.603. The maximum Gasteiger partial charge on any atom is 0.274 e. The molecule has 3 rings (SSSR count). The number of rotatable bonds is 5. The third-order valence-electron chi connectivity index (χ3n) is 4.30. The van der Waals surface area contributed by atoms with E-state index in [0.29, 0.717) is 5.56 Å².